The van der Waals surface area contributed by atoms with Crippen LogP contribution in [0.5, 0.6) is 0 Å². The molecule has 0 aromatic rings. The minimum absolute atomic E-state index is 0.0324. The average Bonchev–Trinajstić information content (AvgIpc) is 2.36. The molecule has 1 fully saturated rings. The molecule has 5 nitrogen and oxygen atoms in total. The largest absolute Gasteiger partial charge is 0.382 e. The summed E-state index contributed by atoms with van der Waals surface area (Å²) in [5, 5.41) is 6.22. The molecular weight excluding hydrogens is 220 g/mol. The zero-order valence-corrected chi connectivity index (χ0v) is 10.7. The smallest absolute Gasteiger partial charge is 0.245 e. The first-order chi connectivity index (χ1) is 8.33. The summed E-state index contributed by atoms with van der Waals surface area (Å²) in [5.41, 5.74) is 0. The van der Waals surface area contributed by atoms with Gasteiger partial charge in [-0.25, -0.2) is 0 Å². The molecular formula is C12H24N2O3. The zero-order valence-electron chi connectivity index (χ0n) is 10.7. The molecule has 1 heterocycles. The van der Waals surface area contributed by atoms with E-state index in [0.29, 0.717) is 13.2 Å². The van der Waals surface area contributed by atoms with E-state index in [2.05, 4.69) is 10.6 Å². The summed E-state index contributed by atoms with van der Waals surface area (Å²) in [6.07, 6.45) is 3.52. The Morgan fingerprint density at radius 2 is 2.12 bits per heavy atom. The Hall–Kier alpha value is -0.650. The van der Waals surface area contributed by atoms with Gasteiger partial charge in [-0.05, 0) is 38.3 Å². The van der Waals surface area contributed by atoms with Crippen LogP contribution >= 0.6 is 0 Å². The van der Waals surface area contributed by atoms with Crippen LogP contribution in [0.15, 0.2) is 0 Å². The third kappa shape index (κ3) is 7.31. The highest BCUT2D eigenvalue weighted by Crippen LogP contribution is 2.14. The van der Waals surface area contributed by atoms with E-state index in [1.165, 1.54) is 12.8 Å². The van der Waals surface area contributed by atoms with Gasteiger partial charge < -0.3 is 20.1 Å². The van der Waals surface area contributed by atoms with Gasteiger partial charge in [-0.1, -0.05) is 0 Å². The number of rotatable bonds is 8. The van der Waals surface area contributed by atoms with Gasteiger partial charge in [0.1, 0.15) is 6.61 Å². The predicted octanol–water partition coefficient (Wildman–Crippen LogP) is 0.155. The van der Waals surface area contributed by atoms with E-state index in [1.807, 2.05) is 0 Å². The minimum atomic E-state index is -0.0324. The third-order valence-corrected chi connectivity index (χ3v) is 3.00. The van der Waals surface area contributed by atoms with Gasteiger partial charge in [-0.3, -0.25) is 4.79 Å². The van der Waals surface area contributed by atoms with Crippen molar-refractivity contribution in [2.24, 2.45) is 5.92 Å². The van der Waals surface area contributed by atoms with Crippen LogP contribution in [0.4, 0.5) is 0 Å². The Morgan fingerprint density at radius 3 is 2.82 bits per heavy atom. The Kier molecular flexibility index (Phi) is 7.96. The number of methoxy groups -OCH3 is 1. The first kappa shape index (κ1) is 14.4. The van der Waals surface area contributed by atoms with E-state index in [-0.39, 0.29) is 12.5 Å². The summed E-state index contributed by atoms with van der Waals surface area (Å²) >= 11 is 0. The Bertz CT molecular complexity index is 206. The molecule has 0 radical (unpaired) electrons. The number of amides is 1. The fourth-order valence-corrected chi connectivity index (χ4v) is 1.94. The number of carbonyl (C=O) groups excluding carboxylic acids is 1. The molecule has 5 heteroatoms. The summed E-state index contributed by atoms with van der Waals surface area (Å²) in [5.74, 6) is 0.723. The van der Waals surface area contributed by atoms with Crippen molar-refractivity contribution >= 4 is 5.91 Å². The minimum Gasteiger partial charge on any atom is -0.382 e. The van der Waals surface area contributed by atoms with Crippen molar-refractivity contribution in [1.29, 1.82) is 0 Å². The maximum Gasteiger partial charge on any atom is 0.245 e. The molecule has 0 aromatic heterocycles. The molecule has 0 unspecified atom stereocenters. The summed E-state index contributed by atoms with van der Waals surface area (Å²) in [6.45, 7) is 4.12. The van der Waals surface area contributed by atoms with E-state index in [9.17, 15) is 4.79 Å². The average molecular weight is 244 g/mol. The standard InChI is InChI=1S/C12H24N2O3/c1-16-8-9-17-10-12(15)14-7-4-11-2-5-13-6-3-11/h11,13H,2-10H2,1H3,(H,14,15). The molecule has 0 aliphatic carbocycles. The lowest BCUT2D eigenvalue weighted by Gasteiger charge is -2.22. The van der Waals surface area contributed by atoms with Gasteiger partial charge in [0.25, 0.3) is 0 Å². The second kappa shape index (κ2) is 9.39. The lowest BCUT2D eigenvalue weighted by molar-refractivity contribution is -0.126. The van der Waals surface area contributed by atoms with Crippen molar-refractivity contribution in [3.05, 3.63) is 0 Å². The maximum absolute atomic E-state index is 11.4. The van der Waals surface area contributed by atoms with Crippen LogP contribution in [0.3, 0.4) is 0 Å². The molecule has 17 heavy (non-hydrogen) atoms. The number of piperidine rings is 1. The van der Waals surface area contributed by atoms with Crippen LogP contribution in [-0.4, -0.2) is 52.5 Å². The maximum atomic E-state index is 11.4. The number of nitrogens with one attached hydrogen (secondary N) is 2. The van der Waals surface area contributed by atoms with Crippen molar-refractivity contribution in [1.82, 2.24) is 10.6 Å². The van der Waals surface area contributed by atoms with Gasteiger partial charge in [0, 0.05) is 13.7 Å². The SMILES string of the molecule is COCCOCC(=O)NCCC1CCNCC1. The monoisotopic (exact) mass is 244 g/mol. The fraction of sp³-hybridized carbons (Fsp3) is 0.917. The van der Waals surface area contributed by atoms with Crippen LogP contribution in [0, 0.1) is 5.92 Å². The highest BCUT2D eigenvalue weighted by Gasteiger charge is 2.12. The third-order valence-electron chi connectivity index (χ3n) is 3.00. The van der Waals surface area contributed by atoms with Gasteiger partial charge >= 0.3 is 0 Å². The van der Waals surface area contributed by atoms with Crippen LogP contribution in [0.25, 0.3) is 0 Å². The lowest BCUT2D eigenvalue weighted by atomic mass is 9.95. The molecule has 100 valence electrons. The van der Waals surface area contributed by atoms with Crippen LogP contribution < -0.4 is 10.6 Å². The molecule has 1 aliphatic rings. The van der Waals surface area contributed by atoms with Gasteiger partial charge in [-0.2, -0.15) is 0 Å². The van der Waals surface area contributed by atoms with Crippen molar-refractivity contribution in [2.75, 3.05) is 46.6 Å². The zero-order chi connectivity index (χ0) is 12.3. The Balaban J connectivity index is 1.92. The number of carbonyl (C=O) groups is 1. The number of ether oxygens (including phenoxy) is 2. The van der Waals surface area contributed by atoms with Crippen molar-refractivity contribution in [2.45, 2.75) is 19.3 Å². The Labute approximate surface area is 103 Å². The van der Waals surface area contributed by atoms with Gasteiger partial charge in [0.2, 0.25) is 5.91 Å². The molecule has 0 saturated carbocycles. The molecule has 1 amide bonds. The molecule has 0 aromatic carbocycles. The first-order valence-corrected chi connectivity index (χ1v) is 6.37. The molecule has 0 atom stereocenters. The summed E-state index contributed by atoms with van der Waals surface area (Å²) < 4.78 is 9.95. The first-order valence-electron chi connectivity index (χ1n) is 6.37. The summed E-state index contributed by atoms with van der Waals surface area (Å²) in [7, 11) is 1.61. The van der Waals surface area contributed by atoms with Crippen molar-refractivity contribution in [3.63, 3.8) is 0 Å². The van der Waals surface area contributed by atoms with E-state index >= 15 is 0 Å². The summed E-state index contributed by atoms with van der Waals surface area (Å²) in [6, 6.07) is 0. The molecule has 1 aliphatic heterocycles. The van der Waals surface area contributed by atoms with Crippen molar-refractivity contribution < 1.29 is 14.3 Å². The normalized spacial score (nSPS) is 17.0. The molecule has 0 spiro atoms. The molecule has 0 bridgehead atoms. The Morgan fingerprint density at radius 1 is 1.35 bits per heavy atom. The molecule has 1 rings (SSSR count). The van der Waals surface area contributed by atoms with Crippen LogP contribution in [0.2, 0.25) is 0 Å². The number of hydrogen-bond acceptors (Lipinski definition) is 4. The molecule has 2 N–H and O–H groups in total. The number of hydrogen-bond donors (Lipinski definition) is 2. The van der Waals surface area contributed by atoms with Crippen LogP contribution in [0.1, 0.15) is 19.3 Å². The second-order valence-corrected chi connectivity index (χ2v) is 4.38. The highest BCUT2D eigenvalue weighted by molar-refractivity contribution is 5.77. The van der Waals surface area contributed by atoms with Crippen LogP contribution in [-0.2, 0) is 14.3 Å². The lowest BCUT2D eigenvalue weighted by Crippen LogP contribution is -2.33. The fourth-order valence-electron chi connectivity index (χ4n) is 1.94. The van der Waals surface area contributed by atoms with Gasteiger partial charge in [-0.15, -0.1) is 0 Å². The topological polar surface area (TPSA) is 59.6 Å². The van der Waals surface area contributed by atoms with Gasteiger partial charge in [0.15, 0.2) is 0 Å². The van der Waals surface area contributed by atoms with Gasteiger partial charge in [0.05, 0.1) is 13.2 Å². The van der Waals surface area contributed by atoms with Crippen molar-refractivity contribution in [3.8, 4) is 0 Å². The van der Waals surface area contributed by atoms with E-state index < -0.39 is 0 Å². The highest BCUT2D eigenvalue weighted by atomic mass is 16.5. The summed E-state index contributed by atoms with van der Waals surface area (Å²) in [4.78, 5) is 11.4. The quantitative estimate of drug-likeness (QED) is 0.597. The van der Waals surface area contributed by atoms with E-state index in [1.54, 1.807) is 7.11 Å². The molecule has 1 saturated heterocycles. The van der Waals surface area contributed by atoms with E-state index in [4.69, 9.17) is 9.47 Å². The predicted molar refractivity (Wildman–Crippen MR) is 65.9 cm³/mol. The second-order valence-electron chi connectivity index (χ2n) is 4.38. The van der Waals surface area contributed by atoms with E-state index in [0.717, 1.165) is 32.0 Å².